The molecule has 1 aromatic heterocycles. The van der Waals surface area contributed by atoms with Crippen LogP contribution in [0.2, 0.25) is 5.02 Å². The molecule has 0 radical (unpaired) electrons. The Morgan fingerprint density at radius 3 is 2.80 bits per heavy atom. The van der Waals surface area contributed by atoms with Crippen molar-refractivity contribution in [2.45, 2.75) is 0 Å². The number of rotatable bonds is 4. The molecular formula is C11H9ClIN5O2. The van der Waals surface area contributed by atoms with Gasteiger partial charge in [0.15, 0.2) is 0 Å². The van der Waals surface area contributed by atoms with Gasteiger partial charge in [0.1, 0.15) is 6.20 Å². The van der Waals surface area contributed by atoms with Gasteiger partial charge in [0.2, 0.25) is 11.8 Å². The van der Waals surface area contributed by atoms with Gasteiger partial charge in [-0.2, -0.15) is 4.98 Å². The van der Waals surface area contributed by atoms with E-state index in [-0.39, 0.29) is 11.5 Å². The number of nitro groups is 1. The average molecular weight is 406 g/mol. The van der Waals surface area contributed by atoms with E-state index in [4.69, 9.17) is 11.6 Å². The van der Waals surface area contributed by atoms with E-state index in [9.17, 15) is 10.1 Å². The lowest BCUT2D eigenvalue weighted by molar-refractivity contribution is -0.384. The summed E-state index contributed by atoms with van der Waals surface area (Å²) in [5.41, 5.74) is 0.480. The summed E-state index contributed by atoms with van der Waals surface area (Å²) in [6.07, 6.45) is 1.16. The summed E-state index contributed by atoms with van der Waals surface area (Å²) in [6, 6.07) is 5.17. The van der Waals surface area contributed by atoms with Crippen LogP contribution >= 0.6 is 34.2 Å². The molecule has 2 N–H and O–H groups in total. The van der Waals surface area contributed by atoms with Crippen LogP contribution in [0, 0.1) is 13.7 Å². The molecule has 0 saturated heterocycles. The first kappa shape index (κ1) is 14.7. The van der Waals surface area contributed by atoms with Crippen LogP contribution < -0.4 is 10.6 Å². The second kappa shape index (κ2) is 6.18. The Morgan fingerprint density at radius 1 is 1.45 bits per heavy atom. The number of nitrogens with zero attached hydrogens (tertiary/aromatic N) is 3. The first-order chi connectivity index (χ1) is 9.51. The fourth-order valence-corrected chi connectivity index (χ4v) is 2.45. The minimum absolute atomic E-state index is 0.120. The van der Waals surface area contributed by atoms with Crippen molar-refractivity contribution < 1.29 is 4.92 Å². The maximum absolute atomic E-state index is 11.0. The Labute approximate surface area is 133 Å². The van der Waals surface area contributed by atoms with Gasteiger partial charge in [0, 0.05) is 15.6 Å². The van der Waals surface area contributed by atoms with Crippen molar-refractivity contribution in [3.63, 3.8) is 0 Å². The van der Waals surface area contributed by atoms with Crippen molar-refractivity contribution in [3.8, 4) is 0 Å². The molecule has 0 fully saturated rings. The molecule has 0 bridgehead atoms. The van der Waals surface area contributed by atoms with Crippen LogP contribution in [0.25, 0.3) is 0 Å². The summed E-state index contributed by atoms with van der Waals surface area (Å²) in [5, 5.41) is 17.2. The second-order valence-electron chi connectivity index (χ2n) is 3.68. The smallest absolute Gasteiger partial charge is 0.329 e. The lowest BCUT2D eigenvalue weighted by Crippen LogP contribution is -2.05. The molecule has 20 heavy (non-hydrogen) atoms. The van der Waals surface area contributed by atoms with E-state index in [0.717, 1.165) is 9.77 Å². The third-order valence-corrected chi connectivity index (χ3v) is 3.50. The molecule has 0 saturated carbocycles. The lowest BCUT2D eigenvalue weighted by Gasteiger charge is -2.09. The fraction of sp³-hybridized carbons (Fsp3) is 0.0909. The number of hydrogen-bond acceptors (Lipinski definition) is 6. The molecule has 0 aliphatic rings. The van der Waals surface area contributed by atoms with Crippen molar-refractivity contribution in [1.82, 2.24) is 9.97 Å². The van der Waals surface area contributed by atoms with Crippen molar-refractivity contribution >= 4 is 57.3 Å². The van der Waals surface area contributed by atoms with Gasteiger partial charge in [-0.3, -0.25) is 10.1 Å². The molecule has 0 aliphatic heterocycles. The normalized spacial score (nSPS) is 10.2. The highest BCUT2D eigenvalue weighted by Crippen LogP contribution is 2.29. The molecular weight excluding hydrogens is 397 g/mol. The third kappa shape index (κ3) is 3.25. The zero-order chi connectivity index (χ0) is 14.7. The van der Waals surface area contributed by atoms with E-state index < -0.39 is 4.92 Å². The van der Waals surface area contributed by atoms with E-state index >= 15 is 0 Å². The van der Waals surface area contributed by atoms with Gasteiger partial charge in [-0.1, -0.05) is 11.6 Å². The van der Waals surface area contributed by atoms with E-state index in [0.29, 0.717) is 16.7 Å². The first-order valence-corrected chi connectivity index (χ1v) is 6.88. The zero-order valence-corrected chi connectivity index (χ0v) is 13.1. The number of nitrogens with one attached hydrogen (secondary N) is 2. The largest absolute Gasteiger partial charge is 0.357 e. The Hall–Kier alpha value is -1.68. The molecule has 2 aromatic rings. The second-order valence-corrected chi connectivity index (χ2v) is 5.28. The summed E-state index contributed by atoms with van der Waals surface area (Å²) >= 11 is 7.96. The molecule has 0 spiro atoms. The Morgan fingerprint density at radius 2 is 2.20 bits per heavy atom. The topological polar surface area (TPSA) is 93.0 Å². The van der Waals surface area contributed by atoms with Crippen LogP contribution in [0.1, 0.15) is 0 Å². The molecule has 0 amide bonds. The van der Waals surface area contributed by atoms with Gasteiger partial charge in [-0.15, -0.1) is 0 Å². The summed E-state index contributed by atoms with van der Waals surface area (Å²) in [5.74, 6) is 0.414. The van der Waals surface area contributed by atoms with E-state index in [1.807, 2.05) is 0 Å². The molecule has 1 heterocycles. The Kier molecular flexibility index (Phi) is 4.55. The van der Waals surface area contributed by atoms with Crippen LogP contribution in [-0.4, -0.2) is 21.9 Å². The number of anilines is 3. The van der Waals surface area contributed by atoms with E-state index in [2.05, 4.69) is 43.2 Å². The van der Waals surface area contributed by atoms with Crippen LogP contribution in [0.3, 0.4) is 0 Å². The summed E-state index contributed by atoms with van der Waals surface area (Å²) in [7, 11) is 1.64. The molecule has 0 unspecified atom stereocenters. The minimum atomic E-state index is -0.537. The molecule has 0 aliphatic carbocycles. The summed E-state index contributed by atoms with van der Waals surface area (Å²) in [6.45, 7) is 0. The molecule has 104 valence electrons. The van der Waals surface area contributed by atoms with Gasteiger partial charge >= 0.3 is 5.69 Å². The van der Waals surface area contributed by atoms with Crippen LogP contribution in [0.5, 0.6) is 0 Å². The maximum atomic E-state index is 11.0. The van der Waals surface area contributed by atoms with Crippen molar-refractivity contribution in [3.05, 3.63) is 43.1 Å². The SMILES string of the molecule is CNc1ncc([N+](=O)[O-])c(Nc2ccc(Cl)cc2I)n1. The van der Waals surface area contributed by atoms with Crippen LogP contribution in [0.15, 0.2) is 24.4 Å². The Balaban J connectivity index is 2.43. The highest BCUT2D eigenvalue weighted by molar-refractivity contribution is 14.1. The van der Waals surface area contributed by atoms with Gasteiger partial charge < -0.3 is 10.6 Å². The van der Waals surface area contributed by atoms with Gasteiger partial charge in [0.05, 0.1) is 10.6 Å². The summed E-state index contributed by atoms with van der Waals surface area (Å²) < 4.78 is 0.828. The van der Waals surface area contributed by atoms with Crippen LogP contribution in [0.4, 0.5) is 23.1 Å². The number of benzene rings is 1. The van der Waals surface area contributed by atoms with Crippen LogP contribution in [-0.2, 0) is 0 Å². The van der Waals surface area contributed by atoms with Gasteiger partial charge in [-0.25, -0.2) is 4.98 Å². The molecule has 9 heteroatoms. The maximum Gasteiger partial charge on any atom is 0.329 e. The van der Waals surface area contributed by atoms with Gasteiger partial charge in [0.25, 0.3) is 0 Å². The highest BCUT2D eigenvalue weighted by atomic mass is 127. The molecule has 2 rings (SSSR count). The quantitative estimate of drug-likeness (QED) is 0.460. The van der Waals surface area contributed by atoms with Crippen molar-refractivity contribution in [2.24, 2.45) is 0 Å². The molecule has 1 aromatic carbocycles. The fourth-order valence-electron chi connectivity index (χ4n) is 1.44. The monoisotopic (exact) mass is 405 g/mol. The van der Waals surface area contributed by atoms with Crippen molar-refractivity contribution in [2.75, 3.05) is 17.7 Å². The van der Waals surface area contributed by atoms with Crippen molar-refractivity contribution in [1.29, 1.82) is 0 Å². The van der Waals surface area contributed by atoms with E-state index in [1.165, 1.54) is 0 Å². The first-order valence-electron chi connectivity index (χ1n) is 5.42. The molecule has 0 atom stereocenters. The number of aromatic nitrogens is 2. The summed E-state index contributed by atoms with van der Waals surface area (Å²) in [4.78, 5) is 18.3. The van der Waals surface area contributed by atoms with Gasteiger partial charge in [-0.05, 0) is 40.8 Å². The number of halogens is 2. The van der Waals surface area contributed by atoms with E-state index in [1.54, 1.807) is 25.2 Å². The minimum Gasteiger partial charge on any atom is -0.357 e. The predicted molar refractivity (Wildman–Crippen MR) is 85.7 cm³/mol. The lowest BCUT2D eigenvalue weighted by atomic mass is 10.3. The standard InChI is InChI=1S/C11H9ClIN5O2/c1-14-11-15-5-9(18(19)20)10(17-11)16-8-3-2-6(12)4-7(8)13/h2-5H,1H3,(H2,14,15,16,17). The predicted octanol–water partition coefficient (Wildman–Crippen LogP) is 3.43. The average Bonchev–Trinajstić information content (AvgIpc) is 2.41. The molecule has 7 nitrogen and oxygen atoms in total. The Bertz CT molecular complexity index is 667. The highest BCUT2D eigenvalue weighted by Gasteiger charge is 2.18. The number of hydrogen-bond donors (Lipinski definition) is 2. The third-order valence-electron chi connectivity index (χ3n) is 2.37. The zero-order valence-electron chi connectivity index (χ0n) is 10.2.